The first-order chi connectivity index (χ1) is 4.11. The van der Waals surface area contributed by atoms with E-state index in [1.807, 2.05) is 13.8 Å². The van der Waals surface area contributed by atoms with E-state index in [4.69, 9.17) is 4.84 Å². The number of hydroxylamine groups is 2. The fourth-order valence-corrected chi connectivity index (χ4v) is 1.32. The second-order valence-electron chi connectivity index (χ2n) is 3.24. The van der Waals surface area contributed by atoms with Crippen LogP contribution in [0.15, 0.2) is 0 Å². The van der Waals surface area contributed by atoms with Gasteiger partial charge in [0, 0.05) is 6.42 Å². The highest BCUT2D eigenvalue weighted by Gasteiger charge is 2.59. The fraction of sp³-hybridized carbons (Fsp3) is 0.833. The van der Waals surface area contributed by atoms with Gasteiger partial charge in [0.05, 0.1) is 5.54 Å². The Hall–Kier alpha value is -0.410. The number of hydrogen-bond donors (Lipinski definition) is 0. The van der Waals surface area contributed by atoms with Crippen molar-refractivity contribution in [3.63, 3.8) is 0 Å². The Balaban J connectivity index is 2.26. The maximum absolute atomic E-state index is 10.9. The molecule has 0 spiro atoms. The Morgan fingerprint density at radius 2 is 2.44 bits per heavy atom. The van der Waals surface area contributed by atoms with Crippen LogP contribution in [-0.4, -0.2) is 22.6 Å². The van der Waals surface area contributed by atoms with Crippen molar-refractivity contribution in [2.45, 2.75) is 32.0 Å². The first-order valence-corrected chi connectivity index (χ1v) is 3.10. The molecule has 0 radical (unpaired) electrons. The molecule has 0 saturated carbocycles. The van der Waals surface area contributed by atoms with Crippen LogP contribution in [0, 0.1) is 0 Å². The van der Waals surface area contributed by atoms with Gasteiger partial charge in [-0.2, -0.15) is 0 Å². The van der Waals surface area contributed by atoms with Crippen molar-refractivity contribution in [2.75, 3.05) is 0 Å². The zero-order valence-electron chi connectivity index (χ0n) is 5.55. The minimum absolute atomic E-state index is 0.0399. The van der Waals surface area contributed by atoms with Gasteiger partial charge in [0.2, 0.25) is 6.23 Å². The average molecular weight is 127 g/mol. The predicted octanol–water partition coefficient (Wildman–Crippen LogP) is 0.311. The first-order valence-electron chi connectivity index (χ1n) is 3.10. The molecular formula is C6H9NO2. The number of fused-ring (bicyclic) bond motifs is 1. The molecule has 2 rings (SSSR count). The van der Waals surface area contributed by atoms with Gasteiger partial charge in [-0.15, -0.1) is 5.06 Å². The largest absolute Gasteiger partial charge is 0.295 e. The summed E-state index contributed by atoms with van der Waals surface area (Å²) in [6.45, 7) is 4.02. The minimum atomic E-state index is -0.181. The molecule has 2 unspecified atom stereocenters. The van der Waals surface area contributed by atoms with Gasteiger partial charge in [-0.25, -0.2) is 0 Å². The summed E-state index contributed by atoms with van der Waals surface area (Å²) in [7, 11) is 0. The molecule has 2 fully saturated rings. The van der Waals surface area contributed by atoms with E-state index in [1.165, 1.54) is 0 Å². The van der Waals surface area contributed by atoms with Crippen LogP contribution in [0.25, 0.3) is 0 Å². The lowest BCUT2D eigenvalue weighted by atomic mass is 10.0. The van der Waals surface area contributed by atoms with Crippen molar-refractivity contribution in [3.05, 3.63) is 0 Å². The molecule has 2 aliphatic heterocycles. The highest BCUT2D eigenvalue weighted by molar-refractivity contribution is 5.87. The third-order valence-electron chi connectivity index (χ3n) is 1.86. The summed E-state index contributed by atoms with van der Waals surface area (Å²) < 4.78 is 0. The predicted molar refractivity (Wildman–Crippen MR) is 30.4 cm³/mol. The molecule has 0 aromatic rings. The zero-order chi connectivity index (χ0) is 6.65. The maximum Gasteiger partial charge on any atom is 0.213 e. The number of carbonyl (C=O) groups excluding carboxylic acids is 1. The number of nitrogens with zero attached hydrogens (tertiary/aromatic N) is 1. The third kappa shape index (κ3) is 0.559. The molecule has 0 aromatic heterocycles. The molecule has 9 heavy (non-hydrogen) atoms. The highest BCUT2D eigenvalue weighted by Crippen LogP contribution is 2.41. The van der Waals surface area contributed by atoms with Crippen LogP contribution in [0.1, 0.15) is 20.3 Å². The third-order valence-corrected chi connectivity index (χ3v) is 1.86. The van der Waals surface area contributed by atoms with Crippen LogP contribution < -0.4 is 0 Å². The average Bonchev–Trinajstić information content (AvgIpc) is 2.33. The van der Waals surface area contributed by atoms with Gasteiger partial charge in [-0.3, -0.25) is 9.63 Å². The Morgan fingerprint density at radius 1 is 1.78 bits per heavy atom. The van der Waals surface area contributed by atoms with Crippen LogP contribution >= 0.6 is 0 Å². The fourth-order valence-electron chi connectivity index (χ4n) is 1.32. The molecule has 50 valence electrons. The van der Waals surface area contributed by atoms with Crippen molar-refractivity contribution in [1.29, 1.82) is 0 Å². The van der Waals surface area contributed by atoms with E-state index < -0.39 is 0 Å². The second-order valence-corrected chi connectivity index (χ2v) is 3.24. The summed E-state index contributed by atoms with van der Waals surface area (Å²) in [5.74, 6) is 0.222. The van der Waals surface area contributed by atoms with E-state index in [0.717, 1.165) is 0 Å². The molecule has 2 aliphatic rings. The molecule has 0 aromatic carbocycles. The topological polar surface area (TPSA) is 32.6 Å². The molecule has 2 atom stereocenters. The molecule has 3 nitrogen and oxygen atoms in total. The molecule has 0 N–H and O–H groups in total. The van der Waals surface area contributed by atoms with Crippen LogP contribution in [-0.2, 0) is 9.63 Å². The van der Waals surface area contributed by atoms with Gasteiger partial charge < -0.3 is 0 Å². The van der Waals surface area contributed by atoms with E-state index in [-0.39, 0.29) is 17.6 Å². The smallest absolute Gasteiger partial charge is 0.213 e. The molecular weight excluding hydrogens is 118 g/mol. The number of hydrogen-bond acceptors (Lipinski definition) is 3. The minimum Gasteiger partial charge on any atom is -0.295 e. The summed E-state index contributed by atoms with van der Waals surface area (Å²) in [4.78, 5) is 15.8. The van der Waals surface area contributed by atoms with Crippen LogP contribution in [0.3, 0.4) is 0 Å². The van der Waals surface area contributed by atoms with Crippen LogP contribution in [0.5, 0.6) is 0 Å². The van der Waals surface area contributed by atoms with Crippen molar-refractivity contribution < 1.29 is 9.63 Å². The molecule has 0 amide bonds. The summed E-state index contributed by atoms with van der Waals surface area (Å²) in [5.41, 5.74) is -0.0399. The van der Waals surface area contributed by atoms with E-state index >= 15 is 0 Å². The van der Waals surface area contributed by atoms with Crippen molar-refractivity contribution >= 4 is 5.78 Å². The second kappa shape index (κ2) is 1.20. The van der Waals surface area contributed by atoms with Gasteiger partial charge in [-0.05, 0) is 13.8 Å². The normalized spacial score (nSPS) is 44.9. The molecule has 2 saturated heterocycles. The Labute approximate surface area is 53.5 Å². The molecule has 0 bridgehead atoms. The first kappa shape index (κ1) is 5.38. The number of carbonyl (C=O) groups is 1. The maximum atomic E-state index is 10.9. The van der Waals surface area contributed by atoms with E-state index in [1.54, 1.807) is 5.06 Å². The highest BCUT2D eigenvalue weighted by atomic mass is 16.8. The van der Waals surface area contributed by atoms with Crippen molar-refractivity contribution in [3.8, 4) is 0 Å². The van der Waals surface area contributed by atoms with Gasteiger partial charge in [0.1, 0.15) is 0 Å². The van der Waals surface area contributed by atoms with E-state index in [9.17, 15) is 4.79 Å². The lowest BCUT2D eigenvalue weighted by Crippen LogP contribution is -2.26. The van der Waals surface area contributed by atoms with Crippen molar-refractivity contribution in [1.82, 2.24) is 5.06 Å². The Morgan fingerprint density at radius 3 is 2.56 bits per heavy atom. The summed E-state index contributed by atoms with van der Waals surface area (Å²) in [5, 5.41) is 1.76. The summed E-state index contributed by atoms with van der Waals surface area (Å²) in [6.07, 6.45) is 0.456. The monoisotopic (exact) mass is 127 g/mol. The lowest BCUT2D eigenvalue weighted by Gasteiger charge is -2.16. The number of rotatable bonds is 0. The van der Waals surface area contributed by atoms with Gasteiger partial charge in [-0.1, -0.05) is 0 Å². The number of Topliss-reactive ketones (excluding diaryl/α,β-unsaturated/α-hetero) is 1. The molecule has 3 heteroatoms. The van der Waals surface area contributed by atoms with E-state index in [2.05, 4.69) is 0 Å². The SMILES string of the molecule is CC1(C)CC(=O)C2ON21. The Bertz CT molecular complexity index is 176. The van der Waals surface area contributed by atoms with Gasteiger partial charge in [0.15, 0.2) is 5.78 Å². The zero-order valence-corrected chi connectivity index (χ0v) is 5.55. The quantitative estimate of drug-likeness (QED) is 0.439. The molecule has 2 heterocycles. The van der Waals surface area contributed by atoms with Crippen LogP contribution in [0.4, 0.5) is 0 Å². The Kier molecular flexibility index (Phi) is 0.716. The van der Waals surface area contributed by atoms with Gasteiger partial charge >= 0.3 is 0 Å². The van der Waals surface area contributed by atoms with Gasteiger partial charge in [0.25, 0.3) is 0 Å². The summed E-state index contributed by atoms with van der Waals surface area (Å²) >= 11 is 0. The molecule has 0 aliphatic carbocycles. The number of ketones is 1. The van der Waals surface area contributed by atoms with Crippen LogP contribution in [0.2, 0.25) is 0 Å². The summed E-state index contributed by atoms with van der Waals surface area (Å²) in [6, 6.07) is 0. The standard InChI is InChI=1S/C6H9NO2/c1-6(2)3-4(8)5-7(6)9-5/h5H,3H2,1-2H3. The van der Waals surface area contributed by atoms with E-state index in [0.29, 0.717) is 6.42 Å². The lowest BCUT2D eigenvalue weighted by molar-refractivity contribution is -0.121. The van der Waals surface area contributed by atoms with Crippen molar-refractivity contribution in [2.24, 2.45) is 0 Å².